The Morgan fingerprint density at radius 2 is 2.10 bits per heavy atom. The van der Waals surface area contributed by atoms with E-state index in [4.69, 9.17) is 10.3 Å². The number of anilines is 1. The summed E-state index contributed by atoms with van der Waals surface area (Å²) < 4.78 is 6.04. The molecule has 31 heavy (non-hydrogen) atoms. The molecule has 0 spiro atoms. The summed E-state index contributed by atoms with van der Waals surface area (Å²) in [6, 6.07) is 7.98. The lowest BCUT2D eigenvalue weighted by molar-refractivity contribution is -0.126. The van der Waals surface area contributed by atoms with Crippen molar-refractivity contribution in [1.82, 2.24) is 20.1 Å². The highest BCUT2D eigenvalue weighted by Crippen LogP contribution is 2.47. The number of halogens is 1. The van der Waals surface area contributed by atoms with Gasteiger partial charge in [0.1, 0.15) is 16.2 Å². The highest BCUT2D eigenvalue weighted by atomic mass is 79.9. The number of fused-ring (bicyclic) bond motifs is 1. The zero-order chi connectivity index (χ0) is 21.8. The molecule has 1 amide bonds. The number of thiazole rings is 1. The smallest absolute Gasteiger partial charge is 0.230 e. The number of amides is 1. The topological polar surface area (TPSA) is 120 Å². The number of primary amides is 1. The molecule has 3 N–H and O–H groups in total. The van der Waals surface area contributed by atoms with Crippen molar-refractivity contribution in [3.63, 3.8) is 0 Å². The van der Waals surface area contributed by atoms with Gasteiger partial charge in [-0.05, 0) is 53.2 Å². The highest BCUT2D eigenvalue weighted by Gasteiger charge is 2.53. The lowest BCUT2D eigenvalue weighted by atomic mass is 9.65. The van der Waals surface area contributed by atoms with Crippen molar-refractivity contribution in [1.29, 1.82) is 0 Å². The van der Waals surface area contributed by atoms with Gasteiger partial charge in [0.05, 0.1) is 9.48 Å². The summed E-state index contributed by atoms with van der Waals surface area (Å²) in [5.74, 6) is 1.46. The number of aromatic nitrogens is 4. The molecule has 5 rings (SSSR count). The molecule has 1 saturated carbocycles. The number of hydrogen-bond donors (Lipinski definition) is 2. The number of nitrogens with zero attached hydrogens (tertiary/aromatic N) is 4. The summed E-state index contributed by atoms with van der Waals surface area (Å²) in [6.45, 7) is 3.67. The van der Waals surface area contributed by atoms with Crippen molar-refractivity contribution < 1.29 is 9.32 Å². The lowest BCUT2D eigenvalue weighted by Gasteiger charge is -2.44. The summed E-state index contributed by atoms with van der Waals surface area (Å²) in [4.78, 5) is 25.8. The molecule has 1 fully saturated rings. The molecule has 0 atom stereocenters. The fourth-order valence-corrected chi connectivity index (χ4v) is 5.54. The molecule has 0 saturated heterocycles. The maximum Gasteiger partial charge on any atom is 0.230 e. The van der Waals surface area contributed by atoms with Gasteiger partial charge in [-0.15, -0.1) is 11.3 Å². The van der Waals surface area contributed by atoms with Crippen molar-refractivity contribution in [3.8, 4) is 11.4 Å². The number of aryl methyl sites for hydroxylation is 2. The van der Waals surface area contributed by atoms with Crippen LogP contribution in [0.1, 0.15) is 29.4 Å². The number of nitrogens with two attached hydrogens (primary N) is 1. The zero-order valence-corrected chi connectivity index (χ0v) is 19.2. The maximum absolute atomic E-state index is 12.3. The molecule has 0 radical (unpaired) electrons. The van der Waals surface area contributed by atoms with Gasteiger partial charge in [0, 0.05) is 30.1 Å². The van der Waals surface area contributed by atoms with Crippen molar-refractivity contribution in [2.75, 3.05) is 5.32 Å². The first kappa shape index (κ1) is 20.1. The van der Waals surface area contributed by atoms with E-state index in [2.05, 4.69) is 41.4 Å². The van der Waals surface area contributed by atoms with Gasteiger partial charge >= 0.3 is 0 Å². The van der Waals surface area contributed by atoms with Crippen LogP contribution >= 0.6 is 27.3 Å². The minimum atomic E-state index is -0.739. The van der Waals surface area contributed by atoms with Crippen LogP contribution in [-0.2, 0) is 10.2 Å². The fraction of sp³-hybridized carbons (Fsp3) is 0.286. The molecular weight excluding hydrogens is 480 g/mol. The highest BCUT2D eigenvalue weighted by molar-refractivity contribution is 9.11. The first-order valence-electron chi connectivity index (χ1n) is 9.75. The normalized spacial score (nSPS) is 20.5. The fourth-order valence-electron chi connectivity index (χ4n) is 3.98. The second-order valence-corrected chi connectivity index (χ2v) is 10.1. The summed E-state index contributed by atoms with van der Waals surface area (Å²) >= 11 is 4.97. The van der Waals surface area contributed by atoms with Gasteiger partial charge in [0.15, 0.2) is 0 Å². The van der Waals surface area contributed by atoms with Gasteiger partial charge in [-0.3, -0.25) is 4.79 Å². The molecule has 3 heterocycles. The number of carbonyl (C=O) groups excluding carboxylic acids is 1. The third-order valence-electron chi connectivity index (χ3n) is 5.70. The number of carbonyl (C=O) groups is 1. The Bertz CT molecular complexity index is 1290. The van der Waals surface area contributed by atoms with Gasteiger partial charge in [-0.2, -0.15) is 4.98 Å². The summed E-state index contributed by atoms with van der Waals surface area (Å²) in [6.07, 6.45) is 2.91. The van der Waals surface area contributed by atoms with E-state index in [0.29, 0.717) is 24.6 Å². The van der Waals surface area contributed by atoms with Crippen LogP contribution in [-0.4, -0.2) is 32.1 Å². The molecule has 1 aromatic carbocycles. The molecule has 3 aromatic heterocycles. The van der Waals surface area contributed by atoms with E-state index in [-0.39, 0.29) is 11.9 Å². The van der Waals surface area contributed by atoms with Crippen LogP contribution in [0.15, 0.2) is 38.8 Å². The number of nitrogens with one attached hydrogen (secondary N) is 1. The predicted octanol–water partition coefficient (Wildman–Crippen LogP) is 4.12. The quantitative estimate of drug-likeness (QED) is 0.424. The molecule has 4 aromatic rings. The van der Waals surface area contributed by atoms with Crippen molar-refractivity contribution in [3.05, 3.63) is 50.8 Å². The van der Waals surface area contributed by atoms with Gasteiger partial charge < -0.3 is 15.6 Å². The number of hydrogen-bond acceptors (Lipinski definition) is 8. The van der Waals surface area contributed by atoms with Crippen LogP contribution < -0.4 is 11.1 Å². The Labute approximate surface area is 190 Å². The average Bonchev–Trinajstić information content (AvgIpc) is 3.29. The maximum atomic E-state index is 12.3. The van der Waals surface area contributed by atoms with Crippen LogP contribution in [0, 0.1) is 13.8 Å². The van der Waals surface area contributed by atoms with Crippen molar-refractivity contribution in [2.24, 2.45) is 5.73 Å². The molecular formula is C21H19BrN6O2S. The largest absolute Gasteiger partial charge is 0.369 e. The SMILES string of the molecule is Cc1nc(-c2ccc3ccnc(NC4CC(C(N)=O)(c5nc(C)c(Br)s5)C4)c3c2)no1. The minimum Gasteiger partial charge on any atom is -0.369 e. The lowest BCUT2D eigenvalue weighted by Crippen LogP contribution is -2.56. The van der Waals surface area contributed by atoms with E-state index < -0.39 is 5.41 Å². The van der Waals surface area contributed by atoms with Crippen molar-refractivity contribution >= 4 is 49.8 Å². The first-order valence-corrected chi connectivity index (χ1v) is 11.4. The monoisotopic (exact) mass is 498 g/mol. The average molecular weight is 499 g/mol. The third-order valence-corrected chi connectivity index (χ3v) is 7.91. The van der Waals surface area contributed by atoms with E-state index >= 15 is 0 Å². The Balaban J connectivity index is 1.43. The Morgan fingerprint density at radius 1 is 1.29 bits per heavy atom. The molecule has 8 nitrogen and oxygen atoms in total. The molecule has 10 heteroatoms. The van der Waals surface area contributed by atoms with E-state index in [0.717, 1.165) is 36.6 Å². The van der Waals surface area contributed by atoms with E-state index in [1.165, 1.54) is 11.3 Å². The van der Waals surface area contributed by atoms with Crippen LogP contribution in [0.25, 0.3) is 22.2 Å². The van der Waals surface area contributed by atoms with Gasteiger partial charge in [0.25, 0.3) is 0 Å². The molecule has 1 aliphatic rings. The molecule has 0 bridgehead atoms. The summed E-state index contributed by atoms with van der Waals surface area (Å²) in [7, 11) is 0. The number of benzene rings is 1. The Kier molecular flexibility index (Phi) is 4.78. The van der Waals surface area contributed by atoms with Crippen LogP contribution in [0.3, 0.4) is 0 Å². The van der Waals surface area contributed by atoms with Crippen LogP contribution in [0.5, 0.6) is 0 Å². The van der Waals surface area contributed by atoms with Gasteiger partial charge in [0.2, 0.25) is 17.6 Å². The second-order valence-electron chi connectivity index (χ2n) is 7.81. The predicted molar refractivity (Wildman–Crippen MR) is 122 cm³/mol. The molecule has 158 valence electrons. The van der Waals surface area contributed by atoms with Crippen molar-refractivity contribution in [2.45, 2.75) is 38.1 Å². The first-order chi connectivity index (χ1) is 14.9. The molecule has 1 aliphatic carbocycles. The zero-order valence-electron chi connectivity index (χ0n) is 16.8. The second kappa shape index (κ2) is 7.38. The standard InChI is InChI=1S/C21H19BrN6O2S/c1-10-16(22)31-20(25-10)21(19(23)29)8-14(9-21)27-18-15-7-13(17-26-11(2)30-28-17)4-3-12(15)5-6-24-18/h3-7,14H,8-9H2,1-2H3,(H2,23,29)(H,24,27). The minimum absolute atomic E-state index is 0.0599. The van der Waals surface area contributed by atoms with Crippen LogP contribution in [0.2, 0.25) is 0 Å². The van der Waals surface area contributed by atoms with Gasteiger partial charge in [-0.1, -0.05) is 17.3 Å². The third kappa shape index (κ3) is 3.39. The number of rotatable bonds is 5. The molecule has 0 aliphatic heterocycles. The van der Waals surface area contributed by atoms with E-state index in [1.54, 1.807) is 13.1 Å². The Morgan fingerprint density at radius 3 is 2.74 bits per heavy atom. The Hall–Kier alpha value is -2.85. The van der Waals surface area contributed by atoms with E-state index in [9.17, 15) is 4.79 Å². The number of pyridine rings is 1. The summed E-state index contributed by atoms with van der Waals surface area (Å²) in [5, 5.41) is 10.3. The van der Waals surface area contributed by atoms with E-state index in [1.807, 2.05) is 31.2 Å². The summed E-state index contributed by atoms with van der Waals surface area (Å²) in [5.41, 5.74) is 6.79. The molecule has 0 unspecified atom stereocenters. The van der Waals surface area contributed by atoms with Crippen LogP contribution in [0.4, 0.5) is 5.82 Å². The van der Waals surface area contributed by atoms with Gasteiger partial charge in [-0.25, -0.2) is 9.97 Å².